The van der Waals surface area contributed by atoms with Gasteiger partial charge in [0.05, 0.1) is 0 Å². The largest absolute Gasteiger partial charge is 0.458 e. The Morgan fingerprint density at radius 1 is 0.929 bits per heavy atom. The van der Waals surface area contributed by atoms with Gasteiger partial charge < -0.3 is 20.5 Å². The molecular formula is C20H32N2O6. The molecule has 0 saturated carbocycles. The maximum Gasteiger partial charge on any atom is 0.408 e. The minimum Gasteiger partial charge on any atom is -0.458 e. The van der Waals surface area contributed by atoms with E-state index in [4.69, 9.17) is 15.2 Å². The molecule has 0 aliphatic rings. The summed E-state index contributed by atoms with van der Waals surface area (Å²) in [5.41, 5.74) is 4.51. The Labute approximate surface area is 166 Å². The summed E-state index contributed by atoms with van der Waals surface area (Å²) in [6, 6.07) is -1.24. The van der Waals surface area contributed by atoms with Crippen LogP contribution >= 0.6 is 0 Å². The molecule has 0 fully saturated rings. The molecule has 0 spiro atoms. The lowest BCUT2D eigenvalue weighted by atomic mass is 10.1. The van der Waals surface area contributed by atoms with E-state index in [0.29, 0.717) is 0 Å². The van der Waals surface area contributed by atoms with Crippen LogP contribution < -0.4 is 11.1 Å². The lowest BCUT2D eigenvalue weighted by molar-refractivity contribution is -0.158. The average Bonchev–Trinajstić information content (AvgIpc) is 2.41. The normalized spacial score (nSPS) is 14.1. The number of carbonyl (C=O) groups is 4. The molecule has 0 bridgehead atoms. The second-order valence-electron chi connectivity index (χ2n) is 8.39. The number of alkyl carbamates (subject to hydrolysis) is 1. The first-order chi connectivity index (χ1) is 12.5. The quantitative estimate of drug-likeness (QED) is 0.385. The molecule has 0 aromatic carbocycles. The van der Waals surface area contributed by atoms with Gasteiger partial charge >= 0.3 is 12.1 Å². The zero-order valence-corrected chi connectivity index (χ0v) is 18.0. The van der Waals surface area contributed by atoms with Crippen molar-refractivity contribution in [2.24, 2.45) is 5.73 Å². The van der Waals surface area contributed by atoms with E-state index in [-0.39, 0.29) is 23.5 Å². The van der Waals surface area contributed by atoms with E-state index in [1.807, 2.05) is 0 Å². The van der Waals surface area contributed by atoms with Crippen LogP contribution in [0.4, 0.5) is 4.79 Å². The molecule has 0 saturated heterocycles. The van der Waals surface area contributed by atoms with Crippen LogP contribution in [0.3, 0.4) is 0 Å². The van der Waals surface area contributed by atoms with Crippen molar-refractivity contribution in [1.82, 2.24) is 5.32 Å². The van der Waals surface area contributed by atoms with Gasteiger partial charge in [-0.25, -0.2) is 9.59 Å². The Morgan fingerprint density at radius 2 is 1.43 bits per heavy atom. The average molecular weight is 396 g/mol. The van der Waals surface area contributed by atoms with Crippen LogP contribution in [0.5, 0.6) is 0 Å². The molecule has 0 aromatic rings. The van der Waals surface area contributed by atoms with Gasteiger partial charge in [-0.2, -0.15) is 0 Å². The highest BCUT2D eigenvalue weighted by Crippen LogP contribution is 2.12. The van der Waals surface area contributed by atoms with E-state index in [2.05, 4.69) is 5.32 Å². The van der Waals surface area contributed by atoms with Gasteiger partial charge in [0.1, 0.15) is 17.2 Å². The van der Waals surface area contributed by atoms with Gasteiger partial charge in [0.2, 0.25) is 0 Å². The van der Waals surface area contributed by atoms with Gasteiger partial charge in [-0.1, -0.05) is 0 Å². The number of ketones is 2. The summed E-state index contributed by atoms with van der Waals surface area (Å²) in [5, 5.41) is 2.37. The number of hydrogen-bond donors (Lipinski definition) is 2. The summed E-state index contributed by atoms with van der Waals surface area (Å²) in [7, 11) is 0. The Hall–Kier alpha value is -2.64. The number of ether oxygens (including phenoxy) is 2. The van der Waals surface area contributed by atoms with E-state index < -0.39 is 35.1 Å². The Morgan fingerprint density at radius 3 is 1.82 bits per heavy atom. The Balaban J connectivity index is 5.38. The SMILES string of the molecule is CC(=O)C(/C=C/C(=O)C[C@H](NC(=O)OC(C)(C)C)C(=O)OC(C)(C)C)=C(/C)N. The summed E-state index contributed by atoms with van der Waals surface area (Å²) in [5.74, 6) is -1.55. The predicted octanol–water partition coefficient (Wildman–Crippen LogP) is 2.56. The van der Waals surface area contributed by atoms with Crippen molar-refractivity contribution >= 4 is 23.6 Å². The van der Waals surface area contributed by atoms with Gasteiger partial charge in [-0.05, 0) is 67.5 Å². The third-order valence-electron chi connectivity index (χ3n) is 3.03. The van der Waals surface area contributed by atoms with E-state index >= 15 is 0 Å². The van der Waals surface area contributed by atoms with Crippen LogP contribution in [0.25, 0.3) is 0 Å². The number of esters is 1. The Kier molecular flexibility index (Phi) is 9.11. The molecule has 28 heavy (non-hydrogen) atoms. The highest BCUT2D eigenvalue weighted by atomic mass is 16.6. The second kappa shape index (κ2) is 10.1. The highest BCUT2D eigenvalue weighted by Gasteiger charge is 2.30. The van der Waals surface area contributed by atoms with Crippen LogP contribution in [-0.4, -0.2) is 40.9 Å². The number of amides is 1. The molecule has 3 N–H and O–H groups in total. The van der Waals surface area contributed by atoms with E-state index in [1.165, 1.54) is 13.0 Å². The first kappa shape index (κ1) is 25.4. The van der Waals surface area contributed by atoms with Gasteiger partial charge in [0.15, 0.2) is 11.6 Å². The molecular weight excluding hydrogens is 364 g/mol. The zero-order valence-electron chi connectivity index (χ0n) is 18.0. The number of hydrogen-bond acceptors (Lipinski definition) is 7. The second-order valence-corrected chi connectivity index (χ2v) is 8.39. The minimum atomic E-state index is -1.24. The smallest absolute Gasteiger partial charge is 0.408 e. The fourth-order valence-corrected chi connectivity index (χ4v) is 1.99. The van der Waals surface area contributed by atoms with E-state index in [0.717, 1.165) is 6.08 Å². The van der Waals surface area contributed by atoms with Crippen molar-refractivity contribution in [3.63, 3.8) is 0 Å². The maximum absolute atomic E-state index is 12.4. The third kappa shape index (κ3) is 11.2. The van der Waals surface area contributed by atoms with Gasteiger partial charge in [-0.15, -0.1) is 0 Å². The van der Waals surface area contributed by atoms with Gasteiger partial charge in [-0.3, -0.25) is 9.59 Å². The van der Waals surface area contributed by atoms with Crippen LogP contribution in [0, 0.1) is 0 Å². The van der Waals surface area contributed by atoms with Crippen molar-refractivity contribution in [2.75, 3.05) is 0 Å². The number of nitrogens with one attached hydrogen (secondary N) is 1. The molecule has 8 nitrogen and oxygen atoms in total. The Bertz CT molecular complexity index is 674. The summed E-state index contributed by atoms with van der Waals surface area (Å²) in [6.07, 6.45) is 1.22. The van der Waals surface area contributed by atoms with E-state index in [9.17, 15) is 19.2 Å². The molecule has 0 aliphatic carbocycles. The molecule has 0 rings (SSSR count). The lowest BCUT2D eigenvalue weighted by Gasteiger charge is -2.25. The molecule has 1 amide bonds. The summed E-state index contributed by atoms with van der Waals surface area (Å²) in [6.45, 7) is 12.9. The molecule has 0 aliphatic heterocycles. The third-order valence-corrected chi connectivity index (χ3v) is 3.03. The molecule has 0 aromatic heterocycles. The summed E-state index contributed by atoms with van der Waals surface area (Å²) < 4.78 is 10.4. The summed E-state index contributed by atoms with van der Waals surface area (Å²) in [4.78, 5) is 48.2. The van der Waals surface area contributed by atoms with Gasteiger partial charge in [0, 0.05) is 17.7 Å². The number of nitrogens with two attached hydrogens (primary N) is 1. The maximum atomic E-state index is 12.4. The molecule has 8 heteroatoms. The highest BCUT2D eigenvalue weighted by molar-refractivity contribution is 6.00. The van der Waals surface area contributed by atoms with Crippen LogP contribution in [0.1, 0.15) is 61.8 Å². The zero-order chi connectivity index (χ0) is 22.3. The number of allylic oxidation sites excluding steroid dienone is 4. The fraction of sp³-hybridized carbons (Fsp3) is 0.600. The minimum absolute atomic E-state index is 0.197. The molecule has 1 atom stereocenters. The van der Waals surface area contributed by atoms with Crippen LogP contribution in [0.15, 0.2) is 23.4 Å². The van der Waals surface area contributed by atoms with Crippen molar-refractivity contribution < 1.29 is 28.7 Å². The standard InChI is InChI=1S/C20H32N2O6/c1-12(21)15(13(2)23)10-9-14(24)11-16(17(25)27-19(3,4)5)22-18(26)28-20(6,7)8/h9-10,16H,11,21H2,1-8H3,(H,22,26)/b10-9+,15-12-/t16-/m0/s1. The van der Waals surface area contributed by atoms with Crippen molar-refractivity contribution in [1.29, 1.82) is 0 Å². The topological polar surface area (TPSA) is 125 Å². The number of carbonyl (C=O) groups excluding carboxylic acids is 4. The molecule has 0 radical (unpaired) electrons. The molecule has 0 unspecified atom stereocenters. The summed E-state index contributed by atoms with van der Waals surface area (Å²) >= 11 is 0. The van der Waals surface area contributed by atoms with Gasteiger partial charge in [0.25, 0.3) is 0 Å². The van der Waals surface area contributed by atoms with Crippen molar-refractivity contribution in [2.45, 2.75) is 79.1 Å². The monoisotopic (exact) mass is 396 g/mol. The lowest BCUT2D eigenvalue weighted by Crippen LogP contribution is -2.46. The number of rotatable bonds is 7. The first-order valence-corrected chi connectivity index (χ1v) is 8.92. The van der Waals surface area contributed by atoms with E-state index in [1.54, 1.807) is 48.5 Å². The predicted molar refractivity (Wildman–Crippen MR) is 105 cm³/mol. The number of Topliss-reactive ketones (excluding diaryl/α,β-unsaturated/α-hetero) is 1. The van der Waals surface area contributed by atoms with Crippen molar-refractivity contribution in [3.05, 3.63) is 23.4 Å². The van der Waals surface area contributed by atoms with Crippen LogP contribution in [0.2, 0.25) is 0 Å². The van der Waals surface area contributed by atoms with Crippen LogP contribution in [-0.2, 0) is 23.9 Å². The van der Waals surface area contributed by atoms with Crippen molar-refractivity contribution in [3.8, 4) is 0 Å². The molecule has 0 heterocycles. The fourth-order valence-electron chi connectivity index (χ4n) is 1.99. The first-order valence-electron chi connectivity index (χ1n) is 8.92. The molecule has 158 valence electrons.